The zero-order valence-corrected chi connectivity index (χ0v) is 20.9. The Labute approximate surface area is 218 Å². The van der Waals surface area contributed by atoms with Crippen molar-refractivity contribution in [2.45, 2.75) is 31.7 Å². The number of carbonyl (C=O) groups is 1. The maximum Gasteiger partial charge on any atom is 0.308 e. The third kappa shape index (κ3) is 3.56. The number of benzene rings is 1. The molecule has 3 aliphatic carbocycles. The smallest absolute Gasteiger partial charge is 0.308 e. The van der Waals surface area contributed by atoms with Crippen LogP contribution in [0, 0.1) is 23.6 Å². The lowest BCUT2D eigenvalue weighted by Gasteiger charge is -2.47. The lowest BCUT2D eigenvalue weighted by Crippen LogP contribution is -2.51. The number of aromatic amines is 1. The second kappa shape index (κ2) is 8.65. The van der Waals surface area contributed by atoms with Crippen molar-refractivity contribution in [1.29, 1.82) is 0 Å². The molecule has 9 heteroatoms. The second-order valence-corrected chi connectivity index (χ2v) is 10.6. The summed E-state index contributed by atoms with van der Waals surface area (Å²) in [5.41, 5.74) is 3.56. The Bertz CT molecular complexity index is 1690. The van der Waals surface area contributed by atoms with Gasteiger partial charge in [0.2, 0.25) is 0 Å². The van der Waals surface area contributed by atoms with Crippen LogP contribution in [0.4, 0.5) is 10.2 Å². The van der Waals surface area contributed by atoms with E-state index in [0.29, 0.717) is 33.9 Å². The van der Waals surface area contributed by atoms with E-state index in [2.05, 4.69) is 15.3 Å². The normalized spacial score (nSPS) is 22.8. The van der Waals surface area contributed by atoms with E-state index in [1.165, 1.54) is 12.3 Å². The van der Waals surface area contributed by atoms with Crippen LogP contribution in [-0.2, 0) is 11.8 Å². The number of aryl methyl sites for hydroxylation is 1. The van der Waals surface area contributed by atoms with E-state index in [9.17, 15) is 14.3 Å². The van der Waals surface area contributed by atoms with Crippen molar-refractivity contribution in [1.82, 2.24) is 24.5 Å². The quantitative estimate of drug-likeness (QED) is 0.283. The topological polar surface area (TPSA) is 109 Å². The van der Waals surface area contributed by atoms with Crippen LogP contribution < -0.4 is 5.32 Å². The van der Waals surface area contributed by atoms with Crippen LogP contribution in [0.3, 0.4) is 0 Å². The van der Waals surface area contributed by atoms with Gasteiger partial charge in [-0.1, -0.05) is 30.3 Å². The number of carboxylic acid groups (broad SMARTS) is 1. The number of hydrogen-bond acceptors (Lipinski definition) is 5. The van der Waals surface area contributed by atoms with Gasteiger partial charge in [0.05, 0.1) is 28.8 Å². The van der Waals surface area contributed by atoms with E-state index in [1.54, 1.807) is 0 Å². The summed E-state index contributed by atoms with van der Waals surface area (Å²) in [6.45, 7) is 0. The molecule has 2 bridgehead atoms. The van der Waals surface area contributed by atoms with Crippen LogP contribution >= 0.6 is 0 Å². The molecule has 192 valence electrons. The molecule has 4 heterocycles. The van der Waals surface area contributed by atoms with E-state index in [4.69, 9.17) is 9.97 Å². The Balaban J connectivity index is 1.43. The van der Waals surface area contributed by atoms with Crippen molar-refractivity contribution in [2.24, 2.45) is 24.8 Å². The number of H-pyrrole nitrogens is 1. The first kappa shape index (κ1) is 22.9. The zero-order valence-electron chi connectivity index (χ0n) is 20.9. The molecule has 2 atom stereocenters. The number of rotatable bonds is 5. The summed E-state index contributed by atoms with van der Waals surface area (Å²) >= 11 is 0. The highest BCUT2D eigenvalue weighted by molar-refractivity contribution is 6.02. The molecule has 0 spiro atoms. The minimum atomic E-state index is -0.750. The molecule has 8 rings (SSSR count). The average molecular weight is 511 g/mol. The molecule has 0 radical (unpaired) electrons. The predicted molar refractivity (Wildman–Crippen MR) is 143 cm³/mol. The van der Waals surface area contributed by atoms with Crippen LogP contribution in [-0.4, -0.2) is 41.6 Å². The third-order valence-corrected chi connectivity index (χ3v) is 8.44. The summed E-state index contributed by atoms with van der Waals surface area (Å²) in [4.78, 5) is 29.9. The Morgan fingerprint density at radius 1 is 1.08 bits per heavy atom. The van der Waals surface area contributed by atoms with Crippen LogP contribution in [0.1, 0.15) is 25.7 Å². The van der Waals surface area contributed by atoms with Crippen molar-refractivity contribution < 1.29 is 14.3 Å². The van der Waals surface area contributed by atoms with Crippen LogP contribution in [0.2, 0.25) is 0 Å². The van der Waals surface area contributed by atoms with Gasteiger partial charge in [0, 0.05) is 24.7 Å². The number of halogens is 1. The van der Waals surface area contributed by atoms with Crippen molar-refractivity contribution in [3.63, 3.8) is 0 Å². The number of carboxylic acids is 1. The minimum Gasteiger partial charge on any atom is -0.481 e. The Morgan fingerprint density at radius 2 is 1.84 bits per heavy atom. The number of nitrogens with zero attached hydrogens (tertiary/aromatic N) is 4. The number of anilines is 1. The van der Waals surface area contributed by atoms with Gasteiger partial charge in [0.25, 0.3) is 0 Å². The van der Waals surface area contributed by atoms with Gasteiger partial charge in [-0.25, -0.2) is 19.3 Å². The highest BCUT2D eigenvalue weighted by Crippen LogP contribution is 2.47. The zero-order chi connectivity index (χ0) is 26.0. The first-order valence-corrected chi connectivity index (χ1v) is 13.0. The second-order valence-electron chi connectivity index (χ2n) is 10.6. The van der Waals surface area contributed by atoms with Crippen LogP contribution in [0.5, 0.6) is 0 Å². The number of fused-ring (bicyclic) bond motifs is 5. The van der Waals surface area contributed by atoms with Crippen LogP contribution in [0.15, 0.2) is 54.9 Å². The minimum absolute atomic E-state index is 0.176. The van der Waals surface area contributed by atoms with Gasteiger partial charge in [-0.2, -0.15) is 0 Å². The van der Waals surface area contributed by atoms with E-state index < -0.39 is 17.7 Å². The number of aromatic nitrogens is 5. The molecule has 0 aliphatic heterocycles. The molecule has 3 N–H and O–H groups in total. The predicted octanol–water partition coefficient (Wildman–Crippen LogP) is 5.62. The van der Waals surface area contributed by atoms with Gasteiger partial charge < -0.3 is 20.0 Å². The highest BCUT2D eigenvalue weighted by atomic mass is 19.1. The number of nitrogens with one attached hydrogen (secondary N) is 2. The Hall–Kier alpha value is -4.27. The summed E-state index contributed by atoms with van der Waals surface area (Å²) in [6.07, 6.45) is 7.08. The van der Waals surface area contributed by atoms with E-state index in [-0.39, 0.29) is 17.9 Å². The molecule has 0 saturated heterocycles. The van der Waals surface area contributed by atoms with Gasteiger partial charge in [-0.3, -0.25) is 4.79 Å². The summed E-state index contributed by atoms with van der Waals surface area (Å²) < 4.78 is 16.3. The molecule has 8 nitrogen and oxygen atoms in total. The fraction of sp³-hybridized carbons (Fsp3) is 0.310. The monoisotopic (exact) mass is 510 g/mol. The van der Waals surface area contributed by atoms with E-state index in [0.717, 1.165) is 42.3 Å². The number of pyridine rings is 1. The molecule has 3 fully saturated rings. The first-order chi connectivity index (χ1) is 18.5. The molecule has 1 aromatic carbocycles. The molecule has 4 aromatic heterocycles. The maximum atomic E-state index is 14.4. The van der Waals surface area contributed by atoms with E-state index in [1.807, 2.05) is 54.2 Å². The maximum absolute atomic E-state index is 14.4. The first-order valence-electron chi connectivity index (χ1n) is 13.0. The lowest BCUT2D eigenvalue weighted by molar-refractivity contribution is -0.148. The average Bonchev–Trinajstić information content (AvgIpc) is 3.50. The van der Waals surface area contributed by atoms with Gasteiger partial charge in [-0.15, -0.1) is 0 Å². The van der Waals surface area contributed by atoms with Gasteiger partial charge in [0.15, 0.2) is 5.82 Å². The van der Waals surface area contributed by atoms with Crippen molar-refractivity contribution in [2.75, 3.05) is 5.32 Å². The van der Waals surface area contributed by atoms with Crippen molar-refractivity contribution in [3.05, 3.63) is 60.7 Å². The third-order valence-electron chi connectivity index (χ3n) is 8.44. The van der Waals surface area contributed by atoms with Gasteiger partial charge in [-0.05, 0) is 55.2 Å². The summed E-state index contributed by atoms with van der Waals surface area (Å²) in [5, 5.41) is 15.1. The standard InChI is InChI=1S/C29H27FN6O2/c1-36-12-11-19-26(33-23-17-9-7-15(8-10-17)21(23)29(37)38)34-27(35-28(19)36)22-20-13-18(30)14-31-25(20)32-24(22)16-5-3-2-4-6-16/h2-6,11-15,17,21,23H,7-10H2,1H3,(H,31,32)(H,37,38)(H,33,34,35). The van der Waals surface area contributed by atoms with E-state index >= 15 is 0 Å². The summed E-state index contributed by atoms with van der Waals surface area (Å²) in [7, 11) is 1.92. The van der Waals surface area contributed by atoms with Crippen molar-refractivity contribution in [3.8, 4) is 22.6 Å². The fourth-order valence-electron chi connectivity index (χ4n) is 6.63. The molecule has 2 unspecified atom stereocenters. The number of hydrogen-bond donors (Lipinski definition) is 3. The molecular formula is C29H27FN6O2. The van der Waals surface area contributed by atoms with Crippen molar-refractivity contribution >= 4 is 33.9 Å². The van der Waals surface area contributed by atoms with Crippen LogP contribution in [0.25, 0.3) is 44.7 Å². The Morgan fingerprint density at radius 3 is 2.61 bits per heavy atom. The molecule has 3 saturated carbocycles. The SMILES string of the molecule is Cn1ccc2c(NC3C4CCC(CC4)C3C(=O)O)nc(-c3c(-c4ccccc4)[nH]c4ncc(F)cc34)nc21. The van der Waals surface area contributed by atoms with Gasteiger partial charge in [0.1, 0.15) is 22.9 Å². The molecule has 0 amide bonds. The molecule has 3 aliphatic rings. The molecular weight excluding hydrogens is 483 g/mol. The largest absolute Gasteiger partial charge is 0.481 e. The fourth-order valence-corrected chi connectivity index (χ4v) is 6.63. The van der Waals surface area contributed by atoms with Gasteiger partial charge >= 0.3 is 5.97 Å². The summed E-state index contributed by atoms with van der Waals surface area (Å²) in [6, 6.07) is 13.0. The Kier molecular flexibility index (Phi) is 5.21. The highest BCUT2D eigenvalue weighted by Gasteiger charge is 2.47. The molecule has 38 heavy (non-hydrogen) atoms. The number of aliphatic carboxylic acids is 1. The lowest BCUT2D eigenvalue weighted by atomic mass is 9.61. The summed E-state index contributed by atoms with van der Waals surface area (Å²) in [5.74, 6) is -0.164. The molecule has 5 aromatic rings.